The van der Waals surface area contributed by atoms with Crippen molar-refractivity contribution >= 4 is 34.7 Å². The summed E-state index contributed by atoms with van der Waals surface area (Å²) in [5.41, 5.74) is 5.43. The van der Waals surface area contributed by atoms with E-state index in [2.05, 4.69) is 10.3 Å². The largest absolute Gasteiger partial charge is 0.496 e. The van der Waals surface area contributed by atoms with Crippen molar-refractivity contribution in [3.8, 4) is 5.75 Å². The van der Waals surface area contributed by atoms with E-state index >= 15 is 0 Å². The van der Waals surface area contributed by atoms with E-state index in [0.29, 0.717) is 29.2 Å². The van der Waals surface area contributed by atoms with Crippen LogP contribution in [0.3, 0.4) is 0 Å². The Kier molecular flexibility index (Phi) is 8.85. The summed E-state index contributed by atoms with van der Waals surface area (Å²) in [6, 6.07) is 10.6. The van der Waals surface area contributed by atoms with Gasteiger partial charge < -0.3 is 15.8 Å². The van der Waals surface area contributed by atoms with Gasteiger partial charge in [-0.1, -0.05) is 37.6 Å². The topological polar surface area (TPSA) is 140 Å². The SMILES string of the molecule is CCCCn1c(N)c(N(Cc2ccccc2OC)C(=O)CCNC(=O)c2cccs2)c(=O)[nH]c1=O. The second-order valence-electron chi connectivity index (χ2n) is 7.77. The standard InChI is InChI=1S/C24H29N5O5S/c1-3-4-13-28-21(25)20(23(32)27-24(28)33)29(15-16-8-5-6-9-17(16)34-2)19(30)11-12-26-22(31)18-10-7-14-35-18/h5-10,14H,3-4,11-13,15,25H2,1-2H3,(H,26,31)(H,27,32,33). The number of thiophene rings is 1. The number of hydrogen-bond donors (Lipinski definition) is 3. The second kappa shape index (κ2) is 12.0. The Morgan fingerprint density at radius 2 is 1.97 bits per heavy atom. The summed E-state index contributed by atoms with van der Waals surface area (Å²) in [4.78, 5) is 54.9. The second-order valence-corrected chi connectivity index (χ2v) is 8.72. The van der Waals surface area contributed by atoms with Crippen molar-refractivity contribution < 1.29 is 14.3 Å². The number of carbonyl (C=O) groups excluding carboxylic acids is 2. The minimum absolute atomic E-state index is 0.0129. The number of amides is 2. The summed E-state index contributed by atoms with van der Waals surface area (Å²) in [6.07, 6.45) is 1.40. The molecule has 0 spiro atoms. The molecule has 1 aromatic carbocycles. The average Bonchev–Trinajstić information content (AvgIpc) is 3.38. The number of anilines is 2. The number of aromatic nitrogens is 2. The van der Waals surface area contributed by atoms with Gasteiger partial charge in [-0.05, 0) is 23.9 Å². The third kappa shape index (κ3) is 6.18. The number of carbonyl (C=O) groups is 2. The van der Waals surface area contributed by atoms with E-state index in [9.17, 15) is 19.2 Å². The number of para-hydroxylation sites is 1. The Labute approximate surface area is 206 Å². The van der Waals surface area contributed by atoms with E-state index in [4.69, 9.17) is 10.5 Å². The van der Waals surface area contributed by atoms with Gasteiger partial charge in [0, 0.05) is 25.1 Å². The highest BCUT2D eigenvalue weighted by atomic mass is 32.1. The zero-order chi connectivity index (χ0) is 25.4. The number of hydrogen-bond acceptors (Lipinski definition) is 7. The Bertz CT molecular complexity index is 1280. The van der Waals surface area contributed by atoms with Crippen molar-refractivity contribution in [3.63, 3.8) is 0 Å². The minimum atomic E-state index is -0.758. The van der Waals surface area contributed by atoms with Gasteiger partial charge in [0.15, 0.2) is 5.69 Å². The van der Waals surface area contributed by atoms with Gasteiger partial charge in [0.05, 0.1) is 18.5 Å². The number of benzene rings is 1. The average molecular weight is 500 g/mol. The molecule has 2 heterocycles. The van der Waals surface area contributed by atoms with E-state index in [0.717, 1.165) is 6.42 Å². The fourth-order valence-electron chi connectivity index (χ4n) is 3.59. The normalized spacial score (nSPS) is 10.7. The highest BCUT2D eigenvalue weighted by molar-refractivity contribution is 7.12. The molecule has 2 amide bonds. The summed E-state index contributed by atoms with van der Waals surface area (Å²) >= 11 is 1.30. The predicted molar refractivity (Wildman–Crippen MR) is 136 cm³/mol. The lowest BCUT2D eigenvalue weighted by atomic mass is 10.1. The van der Waals surface area contributed by atoms with Gasteiger partial charge >= 0.3 is 5.69 Å². The molecule has 0 unspecified atom stereocenters. The van der Waals surface area contributed by atoms with Crippen molar-refractivity contribution in [2.75, 3.05) is 24.3 Å². The molecule has 0 bridgehead atoms. The molecule has 2 aromatic heterocycles. The van der Waals surface area contributed by atoms with Gasteiger partial charge in [-0.25, -0.2) is 4.79 Å². The van der Waals surface area contributed by atoms with Crippen molar-refractivity contribution in [2.24, 2.45) is 0 Å². The number of H-pyrrole nitrogens is 1. The van der Waals surface area contributed by atoms with E-state index in [1.165, 1.54) is 27.9 Å². The van der Waals surface area contributed by atoms with Crippen LogP contribution in [0.1, 0.15) is 41.4 Å². The van der Waals surface area contributed by atoms with Gasteiger partial charge in [-0.15, -0.1) is 11.3 Å². The zero-order valence-electron chi connectivity index (χ0n) is 19.7. The molecule has 0 atom stereocenters. The molecule has 35 heavy (non-hydrogen) atoms. The molecule has 0 aliphatic rings. The number of nitrogen functional groups attached to an aromatic ring is 1. The number of aromatic amines is 1. The maximum absolute atomic E-state index is 13.4. The number of nitrogens with zero attached hydrogens (tertiary/aromatic N) is 2. The molecule has 4 N–H and O–H groups in total. The van der Waals surface area contributed by atoms with Gasteiger partial charge in [-0.2, -0.15) is 0 Å². The Morgan fingerprint density at radius 1 is 1.20 bits per heavy atom. The Morgan fingerprint density at radius 3 is 2.66 bits per heavy atom. The maximum atomic E-state index is 13.4. The molecule has 0 fully saturated rings. The highest BCUT2D eigenvalue weighted by Crippen LogP contribution is 2.25. The van der Waals surface area contributed by atoms with Crippen molar-refractivity contribution in [1.29, 1.82) is 0 Å². The number of unbranched alkanes of at least 4 members (excludes halogenated alkanes) is 1. The Hall–Kier alpha value is -3.86. The van der Waals surface area contributed by atoms with Crippen LogP contribution in [0.5, 0.6) is 5.75 Å². The van der Waals surface area contributed by atoms with Gasteiger partial charge in [0.25, 0.3) is 11.5 Å². The van der Waals surface area contributed by atoms with Gasteiger partial charge in [-0.3, -0.25) is 28.8 Å². The fourth-order valence-corrected chi connectivity index (χ4v) is 4.23. The van der Waals surface area contributed by atoms with Gasteiger partial charge in [0.1, 0.15) is 11.6 Å². The fraction of sp³-hybridized carbons (Fsp3) is 0.333. The molecule has 0 saturated carbocycles. The maximum Gasteiger partial charge on any atom is 0.330 e. The smallest absolute Gasteiger partial charge is 0.330 e. The molecule has 186 valence electrons. The van der Waals surface area contributed by atoms with Gasteiger partial charge in [0.2, 0.25) is 5.91 Å². The monoisotopic (exact) mass is 499 g/mol. The zero-order valence-corrected chi connectivity index (χ0v) is 20.5. The summed E-state index contributed by atoms with van der Waals surface area (Å²) in [5, 5.41) is 4.50. The van der Waals surface area contributed by atoms with Crippen LogP contribution in [0, 0.1) is 0 Å². The van der Waals surface area contributed by atoms with Crippen LogP contribution in [0.4, 0.5) is 11.5 Å². The van der Waals surface area contributed by atoms with Crippen LogP contribution in [0.15, 0.2) is 51.4 Å². The first kappa shape index (κ1) is 25.8. The van der Waals surface area contributed by atoms with Crippen molar-refractivity contribution in [2.45, 2.75) is 39.3 Å². The minimum Gasteiger partial charge on any atom is -0.496 e. The van der Waals surface area contributed by atoms with Crippen LogP contribution >= 0.6 is 11.3 Å². The number of nitrogens with one attached hydrogen (secondary N) is 2. The van der Waals surface area contributed by atoms with E-state index in [1.807, 2.05) is 6.92 Å². The molecular formula is C24H29N5O5S. The van der Waals surface area contributed by atoms with E-state index < -0.39 is 17.2 Å². The number of methoxy groups -OCH3 is 1. The molecule has 10 nitrogen and oxygen atoms in total. The van der Waals surface area contributed by atoms with Crippen LogP contribution in [-0.4, -0.2) is 35.0 Å². The molecule has 0 saturated heterocycles. The predicted octanol–water partition coefficient (Wildman–Crippen LogP) is 2.34. The lowest BCUT2D eigenvalue weighted by Gasteiger charge is -2.25. The highest BCUT2D eigenvalue weighted by Gasteiger charge is 2.25. The third-order valence-corrected chi connectivity index (χ3v) is 6.28. The summed E-state index contributed by atoms with van der Waals surface area (Å²) < 4.78 is 6.67. The van der Waals surface area contributed by atoms with E-state index in [-0.39, 0.29) is 36.9 Å². The van der Waals surface area contributed by atoms with Crippen molar-refractivity contribution in [3.05, 3.63) is 73.1 Å². The van der Waals surface area contributed by atoms with Crippen LogP contribution in [0.2, 0.25) is 0 Å². The molecule has 3 aromatic rings. The first-order chi connectivity index (χ1) is 16.9. The quantitative estimate of drug-likeness (QED) is 0.370. The first-order valence-electron chi connectivity index (χ1n) is 11.2. The lowest BCUT2D eigenvalue weighted by molar-refractivity contribution is -0.118. The first-order valence-corrected chi connectivity index (χ1v) is 12.1. The molecule has 11 heteroatoms. The number of rotatable bonds is 11. The molecule has 0 radical (unpaired) electrons. The summed E-state index contributed by atoms with van der Waals surface area (Å²) in [5.74, 6) is -0.279. The van der Waals surface area contributed by atoms with Crippen molar-refractivity contribution in [1.82, 2.24) is 14.9 Å². The number of ether oxygens (including phenoxy) is 1. The molecule has 3 rings (SSSR count). The van der Waals surface area contributed by atoms with Crippen LogP contribution < -0.4 is 31.9 Å². The summed E-state index contributed by atoms with van der Waals surface area (Å²) in [7, 11) is 1.51. The third-order valence-electron chi connectivity index (χ3n) is 5.41. The van der Waals surface area contributed by atoms with Crippen LogP contribution in [-0.2, 0) is 17.9 Å². The molecular weight excluding hydrogens is 470 g/mol. The Balaban J connectivity index is 1.94. The van der Waals surface area contributed by atoms with E-state index in [1.54, 1.807) is 41.8 Å². The number of nitrogens with two attached hydrogens (primary N) is 1. The summed E-state index contributed by atoms with van der Waals surface area (Å²) in [6.45, 7) is 2.32. The molecule has 0 aliphatic heterocycles. The lowest BCUT2D eigenvalue weighted by Crippen LogP contribution is -2.42. The molecule has 0 aliphatic carbocycles. The van der Waals surface area contributed by atoms with Crippen LogP contribution in [0.25, 0.3) is 0 Å².